The summed E-state index contributed by atoms with van der Waals surface area (Å²) < 4.78 is 11.0. The molecular formula is C12H22N6O2. The smallest absolute Gasteiger partial charge is 0.205 e. The van der Waals surface area contributed by atoms with Gasteiger partial charge in [-0.25, -0.2) is 15.8 Å². The second-order valence-corrected chi connectivity index (χ2v) is 4.52. The van der Waals surface area contributed by atoms with E-state index in [1.165, 1.54) is 6.33 Å². The molecule has 0 bridgehead atoms. The monoisotopic (exact) mass is 282 g/mol. The highest BCUT2D eigenvalue weighted by Crippen LogP contribution is 2.28. The summed E-state index contributed by atoms with van der Waals surface area (Å²) in [4.78, 5) is 10.5. The van der Waals surface area contributed by atoms with Crippen LogP contribution in [0.1, 0.15) is 6.92 Å². The fourth-order valence-corrected chi connectivity index (χ4v) is 2.20. The normalized spacial score (nSPS) is 19.6. The number of likely N-dealkylation sites (N-methyl/N-ethyl adjacent to an activating group) is 1. The highest BCUT2D eigenvalue weighted by molar-refractivity contribution is 5.63. The molecule has 112 valence electrons. The average Bonchev–Trinajstić information content (AvgIpc) is 2.52. The topological polar surface area (TPSA) is 97.6 Å². The molecular weight excluding hydrogens is 260 g/mol. The summed E-state index contributed by atoms with van der Waals surface area (Å²) in [5.41, 5.74) is 2.49. The van der Waals surface area contributed by atoms with Crippen LogP contribution in [-0.4, -0.2) is 60.9 Å². The van der Waals surface area contributed by atoms with Crippen molar-refractivity contribution in [2.45, 2.75) is 13.0 Å². The van der Waals surface area contributed by atoms with Crippen LogP contribution in [0, 0.1) is 0 Å². The minimum absolute atomic E-state index is 0.137. The lowest BCUT2D eigenvalue weighted by atomic mass is 10.2. The Labute approximate surface area is 118 Å². The molecule has 1 unspecified atom stereocenters. The molecule has 8 nitrogen and oxygen atoms in total. The second kappa shape index (κ2) is 7.22. The molecule has 1 aromatic heterocycles. The lowest BCUT2D eigenvalue weighted by Gasteiger charge is -2.32. The maximum atomic E-state index is 5.73. The highest BCUT2D eigenvalue weighted by Gasteiger charge is 2.20. The molecule has 0 amide bonds. The number of morpholine rings is 1. The van der Waals surface area contributed by atoms with E-state index < -0.39 is 0 Å². The van der Waals surface area contributed by atoms with Crippen molar-refractivity contribution in [2.24, 2.45) is 5.84 Å². The number of rotatable bonds is 6. The number of nitrogen functional groups attached to an aromatic ring is 1. The number of nitrogens with zero attached hydrogens (tertiary/aromatic N) is 3. The third kappa shape index (κ3) is 3.47. The van der Waals surface area contributed by atoms with Gasteiger partial charge in [-0.15, -0.1) is 0 Å². The van der Waals surface area contributed by atoms with Gasteiger partial charge in [0.2, 0.25) is 5.75 Å². The van der Waals surface area contributed by atoms with E-state index in [-0.39, 0.29) is 6.10 Å². The zero-order valence-corrected chi connectivity index (χ0v) is 11.9. The molecule has 0 saturated carbocycles. The predicted molar refractivity (Wildman–Crippen MR) is 76.7 cm³/mol. The van der Waals surface area contributed by atoms with E-state index in [0.717, 1.165) is 26.2 Å². The van der Waals surface area contributed by atoms with Gasteiger partial charge in [0.15, 0.2) is 11.6 Å². The van der Waals surface area contributed by atoms with Crippen LogP contribution < -0.4 is 21.3 Å². The van der Waals surface area contributed by atoms with E-state index in [1.807, 2.05) is 0 Å². The summed E-state index contributed by atoms with van der Waals surface area (Å²) in [6.07, 6.45) is 1.57. The zero-order valence-electron chi connectivity index (χ0n) is 11.9. The first-order chi connectivity index (χ1) is 9.78. The van der Waals surface area contributed by atoms with E-state index in [2.05, 4.69) is 32.5 Å². The van der Waals surface area contributed by atoms with Gasteiger partial charge in [-0.2, -0.15) is 0 Å². The number of nitrogens with one attached hydrogen (secondary N) is 2. The highest BCUT2D eigenvalue weighted by atomic mass is 16.5. The molecule has 1 aromatic rings. The first-order valence-corrected chi connectivity index (χ1v) is 6.71. The van der Waals surface area contributed by atoms with E-state index in [0.29, 0.717) is 23.9 Å². The Morgan fingerprint density at radius 2 is 2.30 bits per heavy atom. The number of anilines is 2. The zero-order chi connectivity index (χ0) is 14.4. The Kier molecular flexibility index (Phi) is 5.33. The van der Waals surface area contributed by atoms with Gasteiger partial charge in [-0.05, 0) is 6.54 Å². The number of nitrogens with two attached hydrogens (primary N) is 1. The molecule has 1 aliphatic rings. The third-order valence-electron chi connectivity index (χ3n) is 3.31. The van der Waals surface area contributed by atoms with Crippen molar-refractivity contribution in [3.8, 4) is 5.75 Å². The van der Waals surface area contributed by atoms with Crippen LogP contribution in [0.5, 0.6) is 5.75 Å². The Hall–Kier alpha value is -1.64. The summed E-state index contributed by atoms with van der Waals surface area (Å²) in [6.45, 7) is 6.52. The van der Waals surface area contributed by atoms with Gasteiger partial charge in [0.1, 0.15) is 6.33 Å². The maximum Gasteiger partial charge on any atom is 0.205 e. The van der Waals surface area contributed by atoms with Gasteiger partial charge in [0, 0.05) is 19.6 Å². The first-order valence-electron chi connectivity index (χ1n) is 6.71. The van der Waals surface area contributed by atoms with Crippen LogP contribution in [0.2, 0.25) is 0 Å². The molecule has 1 fully saturated rings. The van der Waals surface area contributed by atoms with Gasteiger partial charge in [-0.1, -0.05) is 6.92 Å². The lowest BCUT2D eigenvalue weighted by molar-refractivity contribution is -0.0192. The average molecular weight is 282 g/mol. The van der Waals surface area contributed by atoms with Crippen LogP contribution in [0.25, 0.3) is 0 Å². The summed E-state index contributed by atoms with van der Waals surface area (Å²) in [5, 5.41) is 3.23. The largest absolute Gasteiger partial charge is 0.490 e. The molecule has 1 saturated heterocycles. The summed E-state index contributed by atoms with van der Waals surface area (Å²) in [5.74, 6) is 6.94. The molecule has 1 atom stereocenters. The number of hydrazine groups is 1. The van der Waals surface area contributed by atoms with Crippen molar-refractivity contribution >= 4 is 11.6 Å². The minimum atomic E-state index is 0.137. The quantitative estimate of drug-likeness (QED) is 0.492. The van der Waals surface area contributed by atoms with Crippen molar-refractivity contribution in [3.05, 3.63) is 6.33 Å². The molecule has 2 rings (SSSR count). The molecule has 0 radical (unpaired) electrons. The minimum Gasteiger partial charge on any atom is -0.490 e. The van der Waals surface area contributed by atoms with Gasteiger partial charge in [0.25, 0.3) is 0 Å². The van der Waals surface area contributed by atoms with Crippen molar-refractivity contribution in [3.63, 3.8) is 0 Å². The molecule has 0 aliphatic carbocycles. The first kappa shape index (κ1) is 14.8. The summed E-state index contributed by atoms with van der Waals surface area (Å²) >= 11 is 0. The van der Waals surface area contributed by atoms with E-state index in [1.54, 1.807) is 7.11 Å². The Morgan fingerprint density at radius 3 is 3.00 bits per heavy atom. The third-order valence-corrected chi connectivity index (χ3v) is 3.31. The SMILES string of the molecule is CCN1CCOC(CNc2ncnc(NN)c2OC)C1. The molecule has 20 heavy (non-hydrogen) atoms. The van der Waals surface area contributed by atoms with E-state index >= 15 is 0 Å². The summed E-state index contributed by atoms with van der Waals surface area (Å²) in [7, 11) is 1.56. The van der Waals surface area contributed by atoms with E-state index in [9.17, 15) is 0 Å². The fraction of sp³-hybridized carbons (Fsp3) is 0.667. The number of methoxy groups -OCH3 is 1. The fourth-order valence-electron chi connectivity index (χ4n) is 2.20. The molecule has 0 aromatic carbocycles. The van der Waals surface area contributed by atoms with E-state index in [4.69, 9.17) is 15.3 Å². The van der Waals surface area contributed by atoms with Crippen LogP contribution in [0.4, 0.5) is 11.6 Å². The maximum absolute atomic E-state index is 5.73. The van der Waals surface area contributed by atoms with Crippen molar-refractivity contribution < 1.29 is 9.47 Å². The Morgan fingerprint density at radius 1 is 1.50 bits per heavy atom. The molecule has 2 heterocycles. The summed E-state index contributed by atoms with van der Waals surface area (Å²) in [6, 6.07) is 0. The van der Waals surface area contributed by atoms with Crippen LogP contribution in [0.15, 0.2) is 6.33 Å². The number of hydrogen-bond acceptors (Lipinski definition) is 8. The molecule has 8 heteroatoms. The number of ether oxygens (including phenoxy) is 2. The van der Waals surface area contributed by atoms with Gasteiger partial charge in [0.05, 0.1) is 19.8 Å². The van der Waals surface area contributed by atoms with Crippen molar-refractivity contribution in [1.82, 2.24) is 14.9 Å². The Bertz CT molecular complexity index is 430. The van der Waals surface area contributed by atoms with Gasteiger partial charge < -0.3 is 20.2 Å². The Balaban J connectivity index is 1.96. The lowest BCUT2D eigenvalue weighted by Crippen LogP contribution is -2.45. The van der Waals surface area contributed by atoms with Crippen LogP contribution >= 0.6 is 0 Å². The second-order valence-electron chi connectivity index (χ2n) is 4.52. The van der Waals surface area contributed by atoms with Crippen LogP contribution in [0.3, 0.4) is 0 Å². The van der Waals surface area contributed by atoms with Gasteiger partial charge in [-0.3, -0.25) is 4.90 Å². The number of aromatic nitrogens is 2. The molecule has 0 spiro atoms. The standard InChI is InChI=1S/C12H22N6O2/c1-3-18-4-5-20-9(7-18)6-14-11-10(19-2)12(17-13)16-8-15-11/h8-9H,3-7,13H2,1-2H3,(H2,14,15,16,17). The predicted octanol–water partition coefficient (Wildman–Crippen LogP) is -0.0966. The molecule has 1 aliphatic heterocycles. The molecule has 4 N–H and O–H groups in total. The van der Waals surface area contributed by atoms with Crippen LogP contribution in [-0.2, 0) is 4.74 Å². The van der Waals surface area contributed by atoms with Crippen molar-refractivity contribution in [2.75, 3.05) is 50.6 Å². The van der Waals surface area contributed by atoms with Crippen molar-refractivity contribution in [1.29, 1.82) is 0 Å². The number of hydrogen-bond donors (Lipinski definition) is 3. The van der Waals surface area contributed by atoms with Gasteiger partial charge >= 0.3 is 0 Å².